The van der Waals surface area contributed by atoms with Crippen LogP contribution in [0.3, 0.4) is 0 Å². The van der Waals surface area contributed by atoms with Gasteiger partial charge in [-0.05, 0) is 99.3 Å². The van der Waals surface area contributed by atoms with Crippen LogP contribution in [-0.4, -0.2) is 36.6 Å². The first-order chi connectivity index (χ1) is 17.7. The van der Waals surface area contributed by atoms with E-state index in [0.717, 1.165) is 43.2 Å². The Bertz CT molecular complexity index is 1570. The fourth-order valence-electron chi connectivity index (χ4n) is 5.54. The van der Waals surface area contributed by atoms with Crippen LogP contribution in [0.4, 0.5) is 5.69 Å². The fraction of sp³-hybridized carbons (Fsp3) is 0.400. The number of rotatable bonds is 2. The van der Waals surface area contributed by atoms with E-state index in [2.05, 4.69) is 10.9 Å². The molecule has 0 atom stereocenters. The van der Waals surface area contributed by atoms with E-state index in [9.17, 15) is 5.26 Å². The van der Waals surface area contributed by atoms with Crippen LogP contribution >= 0.6 is 0 Å². The summed E-state index contributed by atoms with van der Waals surface area (Å²) in [5, 5.41) is 15.6. The molecule has 0 bridgehead atoms. The molecule has 0 radical (unpaired) electrons. The summed E-state index contributed by atoms with van der Waals surface area (Å²) < 4.78 is 25.7. The second kappa shape index (κ2) is 7.72. The smallest absolute Gasteiger partial charge is 0.399 e. The molecule has 2 fully saturated rings. The van der Waals surface area contributed by atoms with Crippen molar-refractivity contribution < 1.29 is 18.6 Å². The van der Waals surface area contributed by atoms with Gasteiger partial charge in [-0.15, -0.1) is 0 Å². The van der Waals surface area contributed by atoms with Gasteiger partial charge in [0.2, 0.25) is 0 Å². The SMILES string of the molecule is [C-]#[N+]c1cc(B2OC(C)(C)C(C)(C)O2)c2ccc3c(C#N)cc(B4OC(C)(C)C(C)(C)O4)c4ccc1c2c34. The van der Waals surface area contributed by atoms with E-state index in [1.165, 1.54) is 0 Å². The van der Waals surface area contributed by atoms with E-state index in [4.69, 9.17) is 25.2 Å². The molecule has 38 heavy (non-hydrogen) atoms. The lowest BCUT2D eigenvalue weighted by Crippen LogP contribution is -2.41. The number of nitriles is 1. The second-order valence-corrected chi connectivity index (χ2v) is 12.5. The van der Waals surface area contributed by atoms with Crippen LogP contribution in [0.25, 0.3) is 37.2 Å². The Morgan fingerprint density at radius 3 is 1.50 bits per heavy atom. The third kappa shape index (κ3) is 3.28. The zero-order chi connectivity index (χ0) is 27.4. The van der Waals surface area contributed by atoms with Crippen molar-refractivity contribution in [2.45, 2.75) is 77.8 Å². The van der Waals surface area contributed by atoms with Crippen molar-refractivity contribution in [3.63, 3.8) is 0 Å². The van der Waals surface area contributed by atoms with Crippen LogP contribution in [0, 0.1) is 17.9 Å². The Kier molecular flexibility index (Phi) is 5.11. The highest BCUT2D eigenvalue weighted by Crippen LogP contribution is 2.43. The van der Waals surface area contributed by atoms with Crippen molar-refractivity contribution in [1.29, 1.82) is 5.26 Å². The number of nitrogens with zero attached hydrogens (tertiary/aromatic N) is 2. The van der Waals surface area contributed by atoms with E-state index < -0.39 is 36.6 Å². The molecule has 6 nitrogen and oxygen atoms in total. The molecule has 6 rings (SSSR count). The molecule has 8 heteroatoms. The van der Waals surface area contributed by atoms with Crippen molar-refractivity contribution in [2.75, 3.05) is 0 Å². The molecule has 2 aliphatic heterocycles. The van der Waals surface area contributed by atoms with Crippen LogP contribution in [0.2, 0.25) is 0 Å². The van der Waals surface area contributed by atoms with Crippen molar-refractivity contribution in [1.82, 2.24) is 0 Å². The van der Waals surface area contributed by atoms with Gasteiger partial charge < -0.3 is 18.6 Å². The molecule has 0 amide bonds. The topological polar surface area (TPSA) is 65.1 Å². The van der Waals surface area contributed by atoms with E-state index in [0.29, 0.717) is 11.3 Å². The van der Waals surface area contributed by atoms with Crippen LogP contribution in [-0.2, 0) is 18.6 Å². The zero-order valence-electron chi connectivity index (χ0n) is 23.1. The van der Waals surface area contributed by atoms with Gasteiger partial charge in [0.05, 0.1) is 40.6 Å². The highest BCUT2D eigenvalue weighted by atomic mass is 16.7. The maximum Gasteiger partial charge on any atom is 0.495 e. The van der Waals surface area contributed by atoms with Crippen molar-refractivity contribution in [2.24, 2.45) is 0 Å². The summed E-state index contributed by atoms with van der Waals surface area (Å²) in [6.07, 6.45) is 0. The molecule has 0 aliphatic carbocycles. The predicted molar refractivity (Wildman–Crippen MR) is 153 cm³/mol. The summed E-state index contributed by atoms with van der Waals surface area (Å²) in [4.78, 5) is 3.89. The molecule has 2 heterocycles. The lowest BCUT2D eigenvalue weighted by molar-refractivity contribution is 0.00578. The highest BCUT2D eigenvalue weighted by molar-refractivity contribution is 6.67. The van der Waals surface area contributed by atoms with Gasteiger partial charge in [-0.1, -0.05) is 30.3 Å². The van der Waals surface area contributed by atoms with Crippen LogP contribution in [0.15, 0.2) is 36.4 Å². The minimum absolute atomic E-state index is 0.516. The molecule has 0 unspecified atom stereocenters. The van der Waals surface area contributed by atoms with Gasteiger partial charge in [0.1, 0.15) is 0 Å². The molecule has 0 N–H and O–H groups in total. The number of hydrogen-bond donors (Lipinski definition) is 0. The first-order valence-corrected chi connectivity index (χ1v) is 13.0. The molecular weight excluding hydrogens is 474 g/mol. The fourth-order valence-corrected chi connectivity index (χ4v) is 5.54. The lowest BCUT2D eigenvalue weighted by Gasteiger charge is -2.32. The molecule has 0 saturated carbocycles. The molecule has 0 spiro atoms. The quantitative estimate of drug-likeness (QED) is 0.202. The van der Waals surface area contributed by atoms with Crippen molar-refractivity contribution in [3.05, 3.63) is 53.4 Å². The maximum atomic E-state index is 10.2. The third-order valence-electron chi connectivity index (χ3n) is 9.20. The molecule has 2 aliphatic rings. The summed E-state index contributed by atoms with van der Waals surface area (Å²) >= 11 is 0. The van der Waals surface area contributed by atoms with Crippen molar-refractivity contribution in [3.8, 4) is 6.07 Å². The minimum Gasteiger partial charge on any atom is -0.399 e. The Balaban J connectivity index is 1.68. The van der Waals surface area contributed by atoms with Crippen LogP contribution < -0.4 is 10.9 Å². The van der Waals surface area contributed by atoms with E-state index in [-0.39, 0.29) is 0 Å². The first-order valence-electron chi connectivity index (χ1n) is 13.0. The van der Waals surface area contributed by atoms with Crippen LogP contribution in [0.5, 0.6) is 0 Å². The minimum atomic E-state index is -0.625. The van der Waals surface area contributed by atoms with E-state index >= 15 is 0 Å². The maximum absolute atomic E-state index is 10.2. The van der Waals surface area contributed by atoms with Gasteiger partial charge in [0, 0.05) is 5.39 Å². The summed E-state index contributed by atoms with van der Waals surface area (Å²) in [6, 6.07) is 14.2. The summed E-state index contributed by atoms with van der Waals surface area (Å²) in [5.74, 6) is 0. The lowest BCUT2D eigenvalue weighted by atomic mass is 9.71. The molecular formula is C30H30B2N2O4. The Morgan fingerprint density at radius 1 is 0.658 bits per heavy atom. The third-order valence-corrected chi connectivity index (χ3v) is 9.20. The average Bonchev–Trinajstić information content (AvgIpc) is 3.20. The van der Waals surface area contributed by atoms with Crippen LogP contribution in [0.1, 0.15) is 61.0 Å². The molecule has 2 saturated heterocycles. The number of benzene rings is 4. The molecule has 4 aromatic carbocycles. The van der Waals surface area contributed by atoms with E-state index in [1.54, 1.807) is 0 Å². The Morgan fingerprint density at radius 2 is 1.05 bits per heavy atom. The van der Waals surface area contributed by atoms with Gasteiger partial charge >= 0.3 is 14.2 Å². The summed E-state index contributed by atoms with van der Waals surface area (Å²) in [5.41, 5.74) is 0.628. The zero-order valence-corrected chi connectivity index (χ0v) is 23.1. The van der Waals surface area contributed by atoms with E-state index in [1.807, 2.05) is 91.8 Å². The largest absolute Gasteiger partial charge is 0.495 e. The summed E-state index contributed by atoms with van der Waals surface area (Å²) in [7, 11) is -1.25. The standard InChI is InChI=1S/C30H30B2N2O4/c1-27(2)28(3,4)36-31(35-27)22-14-17(16-33)18-10-11-20-23(32-37-29(5,6)30(7,8)38-32)15-24(34-9)21-13-12-19(22)25(18)26(20)21/h10-15H,1-8H3. The highest BCUT2D eigenvalue weighted by Gasteiger charge is 2.53. The van der Waals surface area contributed by atoms with Gasteiger partial charge in [-0.25, -0.2) is 4.85 Å². The Hall–Kier alpha value is -3.13. The van der Waals surface area contributed by atoms with Gasteiger partial charge in [0.15, 0.2) is 5.69 Å². The Labute approximate surface area is 224 Å². The normalized spacial score (nSPS) is 21.4. The predicted octanol–water partition coefficient (Wildman–Crippen LogP) is 5.60. The summed E-state index contributed by atoms with van der Waals surface area (Å²) in [6.45, 7) is 24.2. The monoisotopic (exact) mass is 504 g/mol. The van der Waals surface area contributed by atoms with Gasteiger partial charge in [0.25, 0.3) is 0 Å². The first kappa shape index (κ1) is 25.2. The van der Waals surface area contributed by atoms with Gasteiger partial charge in [-0.2, -0.15) is 5.26 Å². The number of hydrogen-bond acceptors (Lipinski definition) is 5. The average molecular weight is 504 g/mol. The molecule has 190 valence electrons. The van der Waals surface area contributed by atoms with Crippen molar-refractivity contribution >= 4 is 63.2 Å². The molecule has 4 aromatic rings. The second-order valence-electron chi connectivity index (χ2n) is 12.5. The molecule has 0 aromatic heterocycles. The van der Waals surface area contributed by atoms with Gasteiger partial charge in [-0.3, -0.25) is 0 Å².